The number of unbranched alkanes of at least 4 members (excludes halogenated alkanes) is 1. The largest absolute Gasteiger partial charge is 0.396 e. The molecule has 0 fully saturated rings. The van der Waals surface area contributed by atoms with E-state index in [0.717, 1.165) is 34.8 Å². The van der Waals surface area contributed by atoms with Crippen LogP contribution in [0.4, 0.5) is 0 Å². The van der Waals surface area contributed by atoms with Crippen molar-refractivity contribution in [2.24, 2.45) is 7.05 Å². The molecule has 0 aliphatic rings. The lowest BCUT2D eigenvalue weighted by Gasteiger charge is -2.01. The van der Waals surface area contributed by atoms with Gasteiger partial charge in [-0.25, -0.2) is 4.98 Å². The number of aromatic nitrogens is 2. The van der Waals surface area contributed by atoms with Gasteiger partial charge < -0.3 is 9.67 Å². The summed E-state index contributed by atoms with van der Waals surface area (Å²) < 4.78 is 2.08. The van der Waals surface area contributed by atoms with Gasteiger partial charge in [-0.15, -0.1) is 0 Å². The Morgan fingerprint density at radius 1 is 1.41 bits per heavy atom. The maximum absolute atomic E-state index is 8.72. The van der Waals surface area contributed by atoms with Gasteiger partial charge in [0.1, 0.15) is 0 Å². The second-order valence-corrected chi connectivity index (χ2v) is 5.36. The highest BCUT2D eigenvalue weighted by Gasteiger charge is 2.08. The third kappa shape index (κ3) is 2.94. The van der Waals surface area contributed by atoms with Gasteiger partial charge in [-0.1, -0.05) is 23.4 Å². The lowest BCUT2D eigenvalue weighted by Crippen LogP contribution is -1.92. The molecule has 0 aliphatic heterocycles. The van der Waals surface area contributed by atoms with Crippen molar-refractivity contribution >= 4 is 34.4 Å². The number of aliphatic hydroxyl groups is 1. The molecule has 1 N–H and O–H groups in total. The van der Waals surface area contributed by atoms with Gasteiger partial charge in [0, 0.05) is 24.4 Å². The van der Waals surface area contributed by atoms with Gasteiger partial charge in [-0.2, -0.15) is 0 Å². The molecular weight excluding hydrogens is 256 g/mol. The molecule has 0 atom stereocenters. The van der Waals surface area contributed by atoms with Gasteiger partial charge in [-0.3, -0.25) is 0 Å². The fourth-order valence-electron chi connectivity index (χ4n) is 1.66. The molecule has 1 heterocycles. The monoisotopic (exact) mass is 270 g/mol. The van der Waals surface area contributed by atoms with Gasteiger partial charge in [0.15, 0.2) is 5.16 Å². The van der Waals surface area contributed by atoms with Crippen LogP contribution in [0.2, 0.25) is 5.02 Å². The second kappa shape index (κ2) is 5.76. The van der Waals surface area contributed by atoms with E-state index in [2.05, 4.69) is 9.55 Å². The Labute approximate surface area is 110 Å². The molecule has 0 bridgehead atoms. The highest BCUT2D eigenvalue weighted by molar-refractivity contribution is 7.99. The molecule has 0 saturated heterocycles. The van der Waals surface area contributed by atoms with E-state index in [-0.39, 0.29) is 6.61 Å². The number of thioether (sulfide) groups is 1. The summed E-state index contributed by atoms with van der Waals surface area (Å²) in [6.45, 7) is 0.263. The molecule has 0 spiro atoms. The topological polar surface area (TPSA) is 38.0 Å². The highest BCUT2D eigenvalue weighted by atomic mass is 35.5. The molecular formula is C12H15ClN2OS. The SMILES string of the molecule is Cn1c(SCCCCO)nc2cc(Cl)ccc21. The number of nitrogens with zero attached hydrogens (tertiary/aromatic N) is 2. The third-order valence-corrected chi connectivity index (χ3v) is 3.94. The van der Waals surface area contributed by atoms with E-state index in [1.165, 1.54) is 0 Å². The summed E-state index contributed by atoms with van der Waals surface area (Å²) >= 11 is 7.66. The molecule has 1 aromatic carbocycles. The van der Waals surface area contributed by atoms with Crippen molar-refractivity contribution in [1.29, 1.82) is 0 Å². The van der Waals surface area contributed by atoms with E-state index in [1.54, 1.807) is 11.8 Å². The summed E-state index contributed by atoms with van der Waals surface area (Å²) in [6, 6.07) is 5.75. The standard InChI is InChI=1S/C12H15ClN2OS/c1-15-11-5-4-9(13)8-10(11)14-12(15)17-7-3-2-6-16/h4-5,8,16H,2-3,6-7H2,1H3. The minimum atomic E-state index is 0.263. The molecule has 1 aromatic heterocycles. The lowest BCUT2D eigenvalue weighted by atomic mass is 10.3. The number of aliphatic hydroxyl groups excluding tert-OH is 1. The fraction of sp³-hybridized carbons (Fsp3) is 0.417. The van der Waals surface area contributed by atoms with E-state index in [9.17, 15) is 0 Å². The second-order valence-electron chi connectivity index (χ2n) is 3.87. The van der Waals surface area contributed by atoms with E-state index >= 15 is 0 Å². The molecule has 0 aliphatic carbocycles. The van der Waals surface area contributed by atoms with Crippen molar-refractivity contribution in [3.05, 3.63) is 23.2 Å². The van der Waals surface area contributed by atoms with E-state index in [0.29, 0.717) is 5.02 Å². The molecule has 5 heteroatoms. The number of hydrogen-bond donors (Lipinski definition) is 1. The Morgan fingerprint density at radius 3 is 3.00 bits per heavy atom. The van der Waals surface area contributed by atoms with Crippen LogP contribution in [-0.2, 0) is 7.05 Å². The van der Waals surface area contributed by atoms with Crippen LogP contribution in [0.15, 0.2) is 23.4 Å². The maximum atomic E-state index is 8.72. The predicted octanol–water partition coefficient (Wildman–Crippen LogP) is 3.09. The van der Waals surface area contributed by atoms with Crippen LogP contribution in [0.3, 0.4) is 0 Å². The fourth-order valence-corrected chi connectivity index (χ4v) is 2.81. The van der Waals surface area contributed by atoms with Gasteiger partial charge in [0.05, 0.1) is 11.0 Å². The van der Waals surface area contributed by atoms with Crippen LogP contribution in [0.25, 0.3) is 11.0 Å². The van der Waals surface area contributed by atoms with Gasteiger partial charge >= 0.3 is 0 Å². The van der Waals surface area contributed by atoms with E-state index < -0.39 is 0 Å². The van der Waals surface area contributed by atoms with Crippen LogP contribution in [0.1, 0.15) is 12.8 Å². The first-order chi connectivity index (χ1) is 8.22. The average molecular weight is 271 g/mol. The molecule has 3 nitrogen and oxygen atoms in total. The van der Waals surface area contributed by atoms with E-state index in [4.69, 9.17) is 16.7 Å². The quantitative estimate of drug-likeness (QED) is 0.670. The number of fused-ring (bicyclic) bond motifs is 1. The van der Waals surface area contributed by atoms with Crippen LogP contribution < -0.4 is 0 Å². The Balaban J connectivity index is 2.15. The summed E-state index contributed by atoms with van der Waals surface area (Å²) in [6.07, 6.45) is 1.86. The van der Waals surface area contributed by atoms with Crippen molar-refractivity contribution in [3.63, 3.8) is 0 Å². The summed E-state index contributed by atoms with van der Waals surface area (Å²) in [5.41, 5.74) is 2.03. The maximum Gasteiger partial charge on any atom is 0.168 e. The Kier molecular flexibility index (Phi) is 4.31. The third-order valence-electron chi connectivity index (χ3n) is 2.59. The molecule has 17 heavy (non-hydrogen) atoms. The zero-order valence-corrected chi connectivity index (χ0v) is 11.3. The summed E-state index contributed by atoms with van der Waals surface area (Å²) in [7, 11) is 2.01. The first-order valence-corrected chi connectivity index (χ1v) is 6.94. The molecule has 0 radical (unpaired) electrons. The number of halogens is 1. The van der Waals surface area contributed by atoms with Crippen LogP contribution in [-0.4, -0.2) is 27.0 Å². The number of benzene rings is 1. The summed E-state index contributed by atoms with van der Waals surface area (Å²) in [5.74, 6) is 0.978. The van der Waals surface area contributed by atoms with Crippen LogP contribution >= 0.6 is 23.4 Å². The average Bonchev–Trinajstić information content (AvgIpc) is 2.61. The van der Waals surface area contributed by atoms with Gasteiger partial charge in [0.25, 0.3) is 0 Å². The summed E-state index contributed by atoms with van der Waals surface area (Å²) in [5, 5.41) is 10.4. The van der Waals surface area contributed by atoms with Gasteiger partial charge in [-0.05, 0) is 31.0 Å². The van der Waals surface area contributed by atoms with Crippen LogP contribution in [0.5, 0.6) is 0 Å². The highest BCUT2D eigenvalue weighted by Crippen LogP contribution is 2.25. The van der Waals surface area contributed by atoms with E-state index in [1.807, 2.05) is 25.2 Å². The number of hydrogen-bond acceptors (Lipinski definition) is 3. The molecule has 2 rings (SSSR count). The van der Waals surface area contributed by atoms with Crippen molar-refractivity contribution < 1.29 is 5.11 Å². The van der Waals surface area contributed by atoms with Gasteiger partial charge in [0.2, 0.25) is 0 Å². The smallest absolute Gasteiger partial charge is 0.168 e. The van der Waals surface area contributed by atoms with Crippen molar-refractivity contribution in [1.82, 2.24) is 9.55 Å². The molecule has 0 unspecified atom stereocenters. The minimum Gasteiger partial charge on any atom is -0.396 e. The lowest BCUT2D eigenvalue weighted by molar-refractivity contribution is 0.287. The molecule has 0 saturated carbocycles. The molecule has 0 amide bonds. The van der Waals surface area contributed by atoms with Crippen molar-refractivity contribution in [2.45, 2.75) is 18.0 Å². The molecule has 92 valence electrons. The normalized spacial score (nSPS) is 11.2. The minimum absolute atomic E-state index is 0.263. The number of rotatable bonds is 5. The van der Waals surface area contributed by atoms with Crippen molar-refractivity contribution in [3.8, 4) is 0 Å². The zero-order valence-electron chi connectivity index (χ0n) is 9.69. The zero-order chi connectivity index (χ0) is 12.3. The number of imidazole rings is 1. The molecule has 2 aromatic rings. The number of aryl methyl sites for hydroxylation is 1. The summed E-state index contributed by atoms with van der Waals surface area (Å²) in [4.78, 5) is 4.55. The first-order valence-electron chi connectivity index (χ1n) is 5.58. The van der Waals surface area contributed by atoms with Crippen LogP contribution in [0, 0.1) is 0 Å². The van der Waals surface area contributed by atoms with Crippen molar-refractivity contribution in [2.75, 3.05) is 12.4 Å². The first kappa shape index (κ1) is 12.7. The Hall–Kier alpha value is -0.710. The Bertz CT molecular complexity index is 512. The Morgan fingerprint density at radius 2 is 2.24 bits per heavy atom. The predicted molar refractivity (Wildman–Crippen MR) is 72.8 cm³/mol.